The molecule has 2 aromatic rings. The minimum Gasteiger partial charge on any atom is -0.479 e. The fraction of sp³-hybridized carbons (Fsp3) is 0.375. The average Bonchev–Trinajstić information content (AvgIpc) is 3.15. The number of aliphatic carboxylic acids is 1. The average molecular weight is 454 g/mol. The Morgan fingerprint density at radius 1 is 1.12 bits per heavy atom. The van der Waals surface area contributed by atoms with Crippen LogP contribution in [0.4, 0.5) is 4.79 Å². The Labute approximate surface area is 191 Å². The second kappa shape index (κ2) is 9.60. The number of rotatable bonds is 7. The fourth-order valence-corrected chi connectivity index (χ4v) is 4.42. The maximum Gasteiger partial charge on any atom is 0.407 e. The molecule has 1 heterocycles. The van der Waals surface area contributed by atoms with Crippen LogP contribution in [0.15, 0.2) is 48.5 Å². The molecule has 2 aromatic carbocycles. The second-order valence-electron chi connectivity index (χ2n) is 8.08. The highest BCUT2D eigenvalue weighted by Crippen LogP contribution is 2.44. The van der Waals surface area contributed by atoms with Gasteiger partial charge in [0.05, 0.1) is 19.8 Å². The first kappa shape index (κ1) is 22.8. The van der Waals surface area contributed by atoms with Crippen molar-refractivity contribution in [1.82, 2.24) is 10.2 Å². The lowest BCUT2D eigenvalue weighted by Crippen LogP contribution is -2.61. The van der Waals surface area contributed by atoms with Gasteiger partial charge in [0.2, 0.25) is 11.5 Å². The molecule has 2 N–H and O–H groups in total. The smallest absolute Gasteiger partial charge is 0.407 e. The van der Waals surface area contributed by atoms with Crippen LogP contribution in [0.2, 0.25) is 0 Å². The summed E-state index contributed by atoms with van der Waals surface area (Å²) >= 11 is 0. The van der Waals surface area contributed by atoms with Crippen molar-refractivity contribution in [2.45, 2.75) is 11.5 Å². The number of nitrogens with zero attached hydrogens (tertiary/aromatic N) is 1. The van der Waals surface area contributed by atoms with Gasteiger partial charge in [-0.05, 0) is 22.3 Å². The van der Waals surface area contributed by atoms with Crippen LogP contribution < -0.4 is 5.32 Å². The van der Waals surface area contributed by atoms with Gasteiger partial charge in [-0.15, -0.1) is 0 Å². The highest BCUT2D eigenvalue weighted by molar-refractivity contribution is 5.84. The summed E-state index contributed by atoms with van der Waals surface area (Å²) in [6, 6.07) is 16.0. The summed E-state index contributed by atoms with van der Waals surface area (Å²) in [6.45, 7) is -0.232. The molecule has 1 aliphatic heterocycles. The molecule has 0 aromatic heterocycles. The summed E-state index contributed by atoms with van der Waals surface area (Å²) in [5.41, 5.74) is 2.83. The van der Waals surface area contributed by atoms with E-state index >= 15 is 0 Å². The molecule has 1 aliphatic carbocycles. The molecule has 4 rings (SSSR count). The number of hydrogen-bond donors (Lipinski definition) is 2. The van der Waals surface area contributed by atoms with Gasteiger partial charge in [-0.1, -0.05) is 48.5 Å². The predicted molar refractivity (Wildman–Crippen MR) is 118 cm³/mol. The van der Waals surface area contributed by atoms with Gasteiger partial charge in [0, 0.05) is 19.6 Å². The van der Waals surface area contributed by atoms with E-state index in [0.29, 0.717) is 0 Å². The number of amides is 2. The predicted octanol–water partition coefficient (Wildman–Crippen LogP) is 1.85. The standard InChI is InChI=1S/C24H26N2O7/c1-31-15-24(22(28)29)14-26(10-11-33-24)21(27)12-25-23(30)32-13-20-18-8-4-2-6-16(18)17-7-3-5-9-19(17)20/h2-9,20H,10-15H2,1H3,(H,25,30)(H,28,29). The number of carboxylic acids is 1. The molecule has 33 heavy (non-hydrogen) atoms. The topological polar surface area (TPSA) is 114 Å². The molecule has 9 nitrogen and oxygen atoms in total. The highest BCUT2D eigenvalue weighted by atomic mass is 16.6. The van der Waals surface area contributed by atoms with Gasteiger partial charge in [-0.25, -0.2) is 9.59 Å². The van der Waals surface area contributed by atoms with Crippen LogP contribution >= 0.6 is 0 Å². The SMILES string of the molecule is COCC1(C(=O)O)CN(C(=O)CNC(=O)OCC2c3ccccc3-c3ccccc32)CCO1. The van der Waals surface area contributed by atoms with Crippen molar-refractivity contribution in [3.8, 4) is 11.1 Å². The largest absolute Gasteiger partial charge is 0.479 e. The van der Waals surface area contributed by atoms with Crippen LogP contribution in [0, 0.1) is 0 Å². The van der Waals surface area contributed by atoms with Crippen molar-refractivity contribution in [1.29, 1.82) is 0 Å². The van der Waals surface area contributed by atoms with Crippen LogP contribution in [-0.2, 0) is 23.8 Å². The number of morpholine rings is 1. The number of ether oxygens (including phenoxy) is 3. The van der Waals surface area contributed by atoms with Gasteiger partial charge in [-0.2, -0.15) is 0 Å². The van der Waals surface area contributed by atoms with Crippen molar-refractivity contribution >= 4 is 18.0 Å². The molecule has 2 aliphatic rings. The van der Waals surface area contributed by atoms with E-state index in [1.54, 1.807) is 0 Å². The van der Waals surface area contributed by atoms with Crippen molar-refractivity contribution in [2.75, 3.05) is 46.6 Å². The molecular formula is C24H26N2O7. The highest BCUT2D eigenvalue weighted by Gasteiger charge is 2.45. The Kier molecular flexibility index (Phi) is 6.62. The van der Waals surface area contributed by atoms with E-state index < -0.39 is 23.6 Å². The summed E-state index contributed by atoms with van der Waals surface area (Å²) in [7, 11) is 1.37. The summed E-state index contributed by atoms with van der Waals surface area (Å²) in [5.74, 6) is -1.71. The van der Waals surface area contributed by atoms with Crippen LogP contribution in [0.3, 0.4) is 0 Å². The van der Waals surface area contributed by atoms with E-state index in [1.165, 1.54) is 12.0 Å². The first-order valence-corrected chi connectivity index (χ1v) is 10.7. The number of fused-ring (bicyclic) bond motifs is 3. The van der Waals surface area contributed by atoms with Crippen molar-refractivity contribution in [3.63, 3.8) is 0 Å². The number of benzene rings is 2. The van der Waals surface area contributed by atoms with E-state index in [2.05, 4.69) is 17.4 Å². The molecule has 174 valence electrons. The molecular weight excluding hydrogens is 428 g/mol. The molecule has 1 fully saturated rings. The number of alkyl carbamates (subject to hydrolysis) is 1. The second-order valence-corrected chi connectivity index (χ2v) is 8.08. The quantitative estimate of drug-likeness (QED) is 0.656. The molecule has 0 bridgehead atoms. The normalized spacial score (nSPS) is 19.5. The van der Waals surface area contributed by atoms with Crippen molar-refractivity contribution in [2.24, 2.45) is 0 Å². The van der Waals surface area contributed by atoms with Crippen molar-refractivity contribution < 1.29 is 33.7 Å². The first-order valence-electron chi connectivity index (χ1n) is 10.7. The lowest BCUT2D eigenvalue weighted by Gasteiger charge is -2.39. The van der Waals surface area contributed by atoms with E-state index in [4.69, 9.17) is 14.2 Å². The van der Waals surface area contributed by atoms with Crippen LogP contribution in [-0.4, -0.2) is 80.1 Å². The van der Waals surface area contributed by atoms with Gasteiger partial charge in [0.1, 0.15) is 13.2 Å². The van der Waals surface area contributed by atoms with E-state index in [0.717, 1.165) is 22.3 Å². The van der Waals surface area contributed by atoms with Gasteiger partial charge in [0.15, 0.2) is 0 Å². The summed E-state index contributed by atoms with van der Waals surface area (Å²) < 4.78 is 15.8. The lowest BCUT2D eigenvalue weighted by molar-refractivity contribution is -0.189. The third kappa shape index (κ3) is 4.55. The molecule has 1 atom stereocenters. The van der Waals surface area contributed by atoms with Crippen LogP contribution in [0.1, 0.15) is 17.0 Å². The number of carboxylic acid groups (broad SMARTS) is 1. The summed E-state index contributed by atoms with van der Waals surface area (Å²) in [6.07, 6.45) is -0.708. The molecule has 1 saturated heterocycles. The third-order valence-corrected chi connectivity index (χ3v) is 6.03. The number of carbonyl (C=O) groups is 3. The molecule has 0 saturated carbocycles. The molecule has 0 radical (unpaired) electrons. The third-order valence-electron chi connectivity index (χ3n) is 6.03. The maximum atomic E-state index is 12.6. The van der Waals surface area contributed by atoms with Crippen LogP contribution in [0.25, 0.3) is 11.1 Å². The minimum atomic E-state index is -1.62. The number of hydrogen-bond acceptors (Lipinski definition) is 6. The fourth-order valence-electron chi connectivity index (χ4n) is 4.42. The van der Waals surface area contributed by atoms with E-state index in [1.807, 2.05) is 36.4 Å². The zero-order valence-electron chi connectivity index (χ0n) is 18.3. The molecule has 1 unspecified atom stereocenters. The van der Waals surface area contributed by atoms with Crippen molar-refractivity contribution in [3.05, 3.63) is 59.7 Å². The number of nitrogens with one attached hydrogen (secondary N) is 1. The van der Waals surface area contributed by atoms with Gasteiger partial charge in [0.25, 0.3) is 0 Å². The first-order chi connectivity index (χ1) is 15.9. The Morgan fingerprint density at radius 3 is 2.36 bits per heavy atom. The molecule has 0 spiro atoms. The number of methoxy groups -OCH3 is 1. The lowest BCUT2D eigenvalue weighted by atomic mass is 9.98. The number of carbonyl (C=O) groups excluding carboxylic acids is 2. The van der Waals surface area contributed by atoms with Gasteiger partial charge >= 0.3 is 12.1 Å². The summed E-state index contributed by atoms with van der Waals surface area (Å²) in [4.78, 5) is 37.9. The maximum absolute atomic E-state index is 12.6. The zero-order chi connectivity index (χ0) is 23.4. The monoisotopic (exact) mass is 454 g/mol. The Morgan fingerprint density at radius 2 is 1.76 bits per heavy atom. The van der Waals surface area contributed by atoms with Crippen LogP contribution in [0.5, 0.6) is 0 Å². The zero-order valence-corrected chi connectivity index (χ0v) is 18.3. The van der Waals surface area contributed by atoms with Gasteiger partial charge < -0.3 is 29.5 Å². The van der Waals surface area contributed by atoms with Gasteiger partial charge in [-0.3, -0.25) is 4.79 Å². The van der Waals surface area contributed by atoms with E-state index in [-0.39, 0.29) is 45.4 Å². The summed E-state index contributed by atoms with van der Waals surface area (Å²) in [5, 5.41) is 12.0. The van der Waals surface area contributed by atoms with E-state index in [9.17, 15) is 19.5 Å². The Hall–Kier alpha value is -3.43. The molecule has 2 amide bonds. The molecule has 9 heteroatoms. The Balaban J connectivity index is 1.32. The minimum absolute atomic E-state index is 0.0618. The Bertz CT molecular complexity index is 1010.